The quantitative estimate of drug-likeness (QED) is 0.430. The number of phenolic OH excluding ortho intramolecular Hbond substituents is 2. The molecule has 0 unspecified atom stereocenters. The van der Waals surface area contributed by atoms with Crippen LogP contribution in [0.15, 0.2) is 60.7 Å². The molecule has 3 aromatic carbocycles. The first-order chi connectivity index (χ1) is 13.4. The van der Waals surface area contributed by atoms with E-state index in [2.05, 4.69) is 0 Å². The molecule has 4 nitrogen and oxygen atoms in total. The molecule has 0 saturated carbocycles. The van der Waals surface area contributed by atoms with Crippen molar-refractivity contribution in [3.8, 4) is 23.0 Å². The molecule has 0 amide bonds. The molecule has 0 aliphatic rings. The highest BCUT2D eigenvalue weighted by molar-refractivity contribution is 7.21. The van der Waals surface area contributed by atoms with Crippen molar-refractivity contribution in [2.45, 2.75) is 6.92 Å². The first-order valence-electron chi connectivity index (χ1n) is 8.45. The van der Waals surface area contributed by atoms with Gasteiger partial charge in [0.15, 0.2) is 5.75 Å². The zero-order chi connectivity index (χ0) is 19.8. The highest BCUT2D eigenvalue weighted by Gasteiger charge is 2.23. The molecule has 2 N–H and O–H groups in total. The van der Waals surface area contributed by atoms with Crippen LogP contribution in [0.2, 0.25) is 0 Å². The van der Waals surface area contributed by atoms with Gasteiger partial charge in [-0.25, -0.2) is 4.39 Å². The van der Waals surface area contributed by atoms with Gasteiger partial charge in [0.05, 0.1) is 0 Å². The lowest BCUT2D eigenvalue weighted by atomic mass is 10.0. The average Bonchev–Trinajstić information content (AvgIpc) is 3.00. The third-order valence-electron chi connectivity index (χ3n) is 4.32. The van der Waals surface area contributed by atoms with E-state index in [1.54, 1.807) is 31.2 Å². The molecule has 0 aliphatic heterocycles. The number of thiophene rings is 1. The monoisotopic (exact) mass is 394 g/mol. The Labute approximate surface area is 164 Å². The maximum Gasteiger partial charge on any atom is 0.207 e. The third kappa shape index (κ3) is 3.30. The number of halogens is 1. The molecule has 4 rings (SSSR count). The van der Waals surface area contributed by atoms with Crippen molar-refractivity contribution in [3.63, 3.8) is 0 Å². The van der Waals surface area contributed by atoms with Gasteiger partial charge in [-0.15, -0.1) is 11.3 Å². The van der Waals surface area contributed by atoms with Crippen LogP contribution in [0.25, 0.3) is 10.1 Å². The Morgan fingerprint density at radius 2 is 1.68 bits per heavy atom. The molecule has 0 bridgehead atoms. The summed E-state index contributed by atoms with van der Waals surface area (Å²) in [6, 6.07) is 15.0. The van der Waals surface area contributed by atoms with E-state index in [0.29, 0.717) is 37.6 Å². The topological polar surface area (TPSA) is 66.8 Å². The van der Waals surface area contributed by atoms with E-state index in [1.165, 1.54) is 47.7 Å². The van der Waals surface area contributed by atoms with Crippen LogP contribution in [-0.2, 0) is 0 Å². The van der Waals surface area contributed by atoms with E-state index >= 15 is 0 Å². The van der Waals surface area contributed by atoms with Crippen molar-refractivity contribution in [1.29, 1.82) is 0 Å². The van der Waals surface area contributed by atoms with Gasteiger partial charge in [0.2, 0.25) is 5.78 Å². The van der Waals surface area contributed by atoms with Crippen molar-refractivity contribution >= 4 is 27.2 Å². The fourth-order valence-electron chi connectivity index (χ4n) is 2.95. The summed E-state index contributed by atoms with van der Waals surface area (Å²) in [5.74, 6) is 0.310. The lowest BCUT2D eigenvalue weighted by molar-refractivity contribution is 0.104. The number of carbonyl (C=O) groups excluding carboxylic acids is 1. The maximum atomic E-state index is 13.4. The number of carbonyl (C=O) groups is 1. The molecule has 140 valence electrons. The van der Waals surface area contributed by atoms with Gasteiger partial charge in [-0.05, 0) is 73.2 Å². The molecule has 0 atom stereocenters. The van der Waals surface area contributed by atoms with Crippen molar-refractivity contribution in [3.05, 3.63) is 82.5 Å². The number of fused-ring (bicyclic) bond motifs is 1. The van der Waals surface area contributed by atoms with Crippen LogP contribution in [0.5, 0.6) is 23.0 Å². The second kappa shape index (κ2) is 6.98. The van der Waals surface area contributed by atoms with Crippen molar-refractivity contribution < 1.29 is 24.1 Å². The summed E-state index contributed by atoms with van der Waals surface area (Å²) in [5.41, 5.74) is 0.911. The number of aromatic hydroxyl groups is 2. The molecular weight excluding hydrogens is 379 g/mol. The summed E-state index contributed by atoms with van der Waals surface area (Å²) < 4.78 is 20.1. The number of ketones is 1. The Morgan fingerprint density at radius 3 is 2.39 bits per heavy atom. The second-order valence-electron chi connectivity index (χ2n) is 6.33. The van der Waals surface area contributed by atoms with Crippen molar-refractivity contribution in [2.24, 2.45) is 0 Å². The number of rotatable bonds is 4. The number of aryl methyl sites for hydroxylation is 1. The van der Waals surface area contributed by atoms with Crippen LogP contribution >= 0.6 is 11.3 Å². The summed E-state index contributed by atoms with van der Waals surface area (Å²) in [6.45, 7) is 1.68. The van der Waals surface area contributed by atoms with E-state index in [-0.39, 0.29) is 17.3 Å². The second-order valence-corrected chi connectivity index (χ2v) is 7.38. The molecule has 1 heterocycles. The van der Waals surface area contributed by atoms with Gasteiger partial charge in [0.25, 0.3) is 0 Å². The minimum absolute atomic E-state index is 0.0851. The van der Waals surface area contributed by atoms with Gasteiger partial charge in [-0.1, -0.05) is 0 Å². The lowest BCUT2D eigenvalue weighted by Crippen LogP contribution is -2.03. The maximum absolute atomic E-state index is 13.4. The fourth-order valence-corrected chi connectivity index (χ4v) is 4.07. The summed E-state index contributed by atoms with van der Waals surface area (Å²) in [6.07, 6.45) is 0. The highest BCUT2D eigenvalue weighted by atomic mass is 32.1. The van der Waals surface area contributed by atoms with Gasteiger partial charge in [0, 0.05) is 15.6 Å². The highest BCUT2D eigenvalue weighted by Crippen LogP contribution is 2.43. The first kappa shape index (κ1) is 18.0. The number of hydrogen-bond acceptors (Lipinski definition) is 5. The van der Waals surface area contributed by atoms with E-state index in [1.807, 2.05) is 0 Å². The van der Waals surface area contributed by atoms with Crippen LogP contribution in [-0.4, -0.2) is 16.0 Å². The van der Waals surface area contributed by atoms with Gasteiger partial charge in [-0.2, -0.15) is 0 Å². The Morgan fingerprint density at radius 1 is 0.964 bits per heavy atom. The van der Waals surface area contributed by atoms with Crippen LogP contribution in [0.4, 0.5) is 4.39 Å². The summed E-state index contributed by atoms with van der Waals surface area (Å²) in [4.78, 5) is 13.6. The number of hydrogen-bond donors (Lipinski definition) is 2. The van der Waals surface area contributed by atoms with Crippen LogP contribution in [0.3, 0.4) is 0 Å². The standard InChI is InChI=1S/C22H15FO4S/c1-12-10-13(23)2-8-17(12)20(26)22-21(27-16-6-3-14(24)4-7-16)18-9-5-15(25)11-19(18)28-22/h2-11,24-25H,1H3. The smallest absolute Gasteiger partial charge is 0.207 e. The molecule has 0 aliphatic carbocycles. The SMILES string of the molecule is Cc1cc(F)ccc1C(=O)c1sc2cc(O)ccc2c1Oc1ccc(O)cc1. The fraction of sp³-hybridized carbons (Fsp3) is 0.0455. The predicted molar refractivity (Wildman–Crippen MR) is 106 cm³/mol. The van der Waals surface area contributed by atoms with Crippen molar-refractivity contribution in [2.75, 3.05) is 0 Å². The number of ether oxygens (including phenoxy) is 1. The average molecular weight is 394 g/mol. The molecule has 4 aromatic rings. The third-order valence-corrected chi connectivity index (χ3v) is 5.46. The Hall–Kier alpha value is -3.38. The molecular formula is C22H15FO4S. The Balaban J connectivity index is 1.86. The zero-order valence-corrected chi connectivity index (χ0v) is 15.6. The van der Waals surface area contributed by atoms with Gasteiger partial charge in [0.1, 0.15) is 27.9 Å². The van der Waals surface area contributed by atoms with Gasteiger partial charge < -0.3 is 14.9 Å². The van der Waals surface area contributed by atoms with E-state index in [0.717, 1.165) is 0 Å². The minimum atomic E-state index is -0.407. The summed E-state index contributed by atoms with van der Waals surface area (Å²) >= 11 is 1.20. The molecule has 0 fully saturated rings. The zero-order valence-electron chi connectivity index (χ0n) is 14.8. The van der Waals surface area contributed by atoms with Gasteiger partial charge in [-0.3, -0.25) is 4.79 Å². The predicted octanol–water partition coefficient (Wildman–Crippen LogP) is 5.78. The van der Waals surface area contributed by atoms with Crippen LogP contribution in [0, 0.1) is 12.7 Å². The Kier molecular flexibility index (Phi) is 4.49. The van der Waals surface area contributed by atoms with E-state index in [4.69, 9.17) is 4.74 Å². The van der Waals surface area contributed by atoms with Crippen molar-refractivity contribution in [1.82, 2.24) is 0 Å². The first-order valence-corrected chi connectivity index (χ1v) is 9.27. The molecule has 0 saturated heterocycles. The van der Waals surface area contributed by atoms with Crippen LogP contribution < -0.4 is 4.74 Å². The molecule has 0 radical (unpaired) electrons. The largest absolute Gasteiger partial charge is 0.508 e. The summed E-state index contributed by atoms with van der Waals surface area (Å²) in [7, 11) is 0. The lowest BCUT2D eigenvalue weighted by Gasteiger charge is -2.09. The molecule has 28 heavy (non-hydrogen) atoms. The van der Waals surface area contributed by atoms with Gasteiger partial charge >= 0.3 is 0 Å². The summed E-state index contributed by atoms with van der Waals surface area (Å²) in [5, 5.41) is 19.9. The minimum Gasteiger partial charge on any atom is -0.508 e. The Bertz CT molecular complexity index is 1200. The number of benzene rings is 3. The van der Waals surface area contributed by atoms with Crippen LogP contribution in [0.1, 0.15) is 20.8 Å². The molecule has 1 aromatic heterocycles. The van der Waals surface area contributed by atoms with E-state index in [9.17, 15) is 19.4 Å². The molecule has 6 heteroatoms. The van der Waals surface area contributed by atoms with E-state index < -0.39 is 5.82 Å². The molecule has 0 spiro atoms. The normalized spacial score (nSPS) is 10.9. The number of phenols is 2.